The third-order valence-corrected chi connectivity index (χ3v) is 6.90. The van der Waals surface area contributed by atoms with Crippen molar-refractivity contribution in [2.75, 3.05) is 19.5 Å². The van der Waals surface area contributed by atoms with Gasteiger partial charge >= 0.3 is 5.97 Å². The van der Waals surface area contributed by atoms with Crippen molar-refractivity contribution < 1.29 is 28.9 Å². The number of phenolic OH excluding ortho intramolecular Hbond substituents is 2. The summed E-state index contributed by atoms with van der Waals surface area (Å²) in [6.45, 7) is 1.75. The van der Waals surface area contributed by atoms with Crippen LogP contribution in [0.2, 0.25) is 0 Å². The second-order valence-electron chi connectivity index (χ2n) is 7.82. The lowest BCUT2D eigenvalue weighted by atomic mass is 10.0. The molecule has 0 aliphatic carbocycles. The fraction of sp³-hybridized carbons (Fsp3) is 0.222. The van der Waals surface area contributed by atoms with Crippen LogP contribution in [-0.4, -0.2) is 35.7 Å². The van der Waals surface area contributed by atoms with Crippen LogP contribution in [0.5, 0.6) is 17.2 Å². The summed E-state index contributed by atoms with van der Waals surface area (Å²) in [4.78, 5) is 11.5. The van der Waals surface area contributed by atoms with Crippen LogP contribution in [0.4, 0.5) is 0 Å². The molecule has 4 rings (SSSR count). The molecule has 1 heterocycles. The third kappa shape index (κ3) is 5.31. The zero-order valence-corrected chi connectivity index (χ0v) is 19.8. The number of para-hydroxylation sites is 1. The molecular formula is C27H26O6S. The second-order valence-corrected chi connectivity index (χ2v) is 9.03. The molecule has 0 spiro atoms. The first-order valence-electron chi connectivity index (χ1n) is 10.9. The van der Waals surface area contributed by atoms with Crippen molar-refractivity contribution >= 4 is 28.7 Å². The molecule has 6 nitrogen and oxygen atoms in total. The molecule has 0 aliphatic rings. The van der Waals surface area contributed by atoms with Crippen molar-refractivity contribution in [1.82, 2.24) is 0 Å². The minimum atomic E-state index is -0.452. The minimum absolute atomic E-state index is 0.0404. The molecule has 7 heteroatoms. The van der Waals surface area contributed by atoms with Gasteiger partial charge in [0.05, 0.1) is 12.4 Å². The molecule has 0 saturated heterocycles. The van der Waals surface area contributed by atoms with E-state index in [4.69, 9.17) is 9.15 Å². The molecule has 34 heavy (non-hydrogen) atoms. The maximum Gasteiger partial charge on any atom is 0.343 e. The topological polar surface area (TPSA) is 89.1 Å². The van der Waals surface area contributed by atoms with Gasteiger partial charge in [-0.3, -0.25) is 0 Å². The van der Waals surface area contributed by atoms with E-state index in [9.17, 15) is 15.0 Å². The highest BCUT2D eigenvalue weighted by molar-refractivity contribution is 7.99. The highest BCUT2D eigenvalue weighted by atomic mass is 32.2. The van der Waals surface area contributed by atoms with E-state index in [1.165, 1.54) is 7.11 Å². The summed E-state index contributed by atoms with van der Waals surface area (Å²) in [5, 5.41) is 20.4. The highest BCUT2D eigenvalue weighted by Gasteiger charge is 2.18. The maximum absolute atomic E-state index is 11.5. The van der Waals surface area contributed by atoms with Crippen LogP contribution in [0, 0.1) is 6.92 Å². The Hall–Kier alpha value is -3.58. The molecular weight excluding hydrogens is 452 g/mol. The van der Waals surface area contributed by atoms with E-state index in [-0.39, 0.29) is 23.4 Å². The monoisotopic (exact) mass is 478 g/mol. The molecule has 3 aromatic carbocycles. The zero-order valence-electron chi connectivity index (χ0n) is 19.0. The number of hydrogen-bond donors (Lipinski definition) is 2. The number of fused-ring (bicyclic) bond motifs is 1. The third-order valence-electron chi connectivity index (χ3n) is 5.59. The van der Waals surface area contributed by atoms with Gasteiger partial charge in [-0.2, -0.15) is 0 Å². The Morgan fingerprint density at radius 3 is 2.18 bits per heavy atom. The Morgan fingerprint density at radius 2 is 1.59 bits per heavy atom. The molecule has 0 unspecified atom stereocenters. The summed E-state index contributed by atoms with van der Waals surface area (Å²) in [6.07, 6.45) is 0.774. The molecule has 0 aliphatic heterocycles. The lowest BCUT2D eigenvalue weighted by Gasteiger charge is -2.18. The molecule has 2 N–H and O–H groups in total. The van der Waals surface area contributed by atoms with E-state index >= 15 is 0 Å². The van der Waals surface area contributed by atoms with Gasteiger partial charge in [0, 0.05) is 10.9 Å². The molecule has 0 atom stereocenters. The highest BCUT2D eigenvalue weighted by Crippen LogP contribution is 2.39. The van der Waals surface area contributed by atoms with Gasteiger partial charge in [0.2, 0.25) is 0 Å². The Labute approximate surface area is 202 Å². The molecule has 4 aromatic rings. The number of thioether (sulfide) groups is 1. The Balaban J connectivity index is 1.53. The maximum atomic E-state index is 11.5. The van der Waals surface area contributed by atoms with E-state index in [1.807, 2.05) is 43.3 Å². The average Bonchev–Trinajstić information content (AvgIpc) is 3.17. The van der Waals surface area contributed by atoms with Crippen molar-refractivity contribution in [1.29, 1.82) is 0 Å². The number of aromatic hydroxyl groups is 2. The standard InChI is InChI=1S/C27H26O6S/c1-17-22(23-4-3-5-24(26(23)33-17)32-16-25(30)31-2)14-15-34-27(18-6-10-20(28)11-7-18)19-8-12-21(29)13-9-19/h3-13,27-29H,14-16H2,1-2H3. The molecule has 0 fully saturated rings. The van der Waals surface area contributed by atoms with Gasteiger partial charge in [0.1, 0.15) is 17.3 Å². The van der Waals surface area contributed by atoms with Crippen LogP contribution in [-0.2, 0) is 16.0 Å². The first-order chi connectivity index (χ1) is 16.5. The summed E-state index contributed by atoms with van der Waals surface area (Å²) in [6, 6.07) is 20.1. The lowest BCUT2D eigenvalue weighted by Crippen LogP contribution is -2.12. The fourth-order valence-electron chi connectivity index (χ4n) is 3.85. The average molecular weight is 479 g/mol. The summed E-state index contributed by atoms with van der Waals surface area (Å²) < 4.78 is 16.3. The fourth-order valence-corrected chi connectivity index (χ4v) is 5.10. The van der Waals surface area contributed by atoms with E-state index in [2.05, 4.69) is 4.74 Å². The van der Waals surface area contributed by atoms with Crippen molar-refractivity contribution in [3.8, 4) is 17.2 Å². The van der Waals surface area contributed by atoms with Crippen LogP contribution >= 0.6 is 11.8 Å². The van der Waals surface area contributed by atoms with Gasteiger partial charge in [0.25, 0.3) is 0 Å². The smallest absolute Gasteiger partial charge is 0.343 e. The largest absolute Gasteiger partial charge is 0.508 e. The SMILES string of the molecule is COC(=O)COc1cccc2c(CCSC(c3ccc(O)cc3)c3ccc(O)cc3)c(C)oc12. The van der Waals surface area contributed by atoms with Gasteiger partial charge in [-0.05, 0) is 60.6 Å². The quantitative estimate of drug-likeness (QED) is 0.295. The number of rotatable bonds is 9. The first kappa shape index (κ1) is 23.6. The van der Waals surface area contributed by atoms with E-state index in [1.54, 1.807) is 42.1 Å². The van der Waals surface area contributed by atoms with Crippen molar-refractivity contribution in [2.45, 2.75) is 18.6 Å². The Kier molecular flexibility index (Phi) is 7.33. The van der Waals surface area contributed by atoms with Crippen LogP contribution in [0.3, 0.4) is 0 Å². The molecule has 0 radical (unpaired) electrons. The number of methoxy groups -OCH3 is 1. The van der Waals surface area contributed by atoms with Crippen molar-refractivity contribution in [3.05, 3.63) is 89.2 Å². The summed E-state index contributed by atoms with van der Waals surface area (Å²) in [5.74, 6) is 2.14. The number of ether oxygens (including phenoxy) is 2. The normalized spacial score (nSPS) is 11.1. The Morgan fingerprint density at radius 1 is 0.971 bits per heavy atom. The van der Waals surface area contributed by atoms with Gasteiger partial charge < -0.3 is 24.1 Å². The lowest BCUT2D eigenvalue weighted by molar-refractivity contribution is -0.142. The predicted octanol–water partition coefficient (Wildman–Crippen LogP) is 5.77. The van der Waals surface area contributed by atoms with Gasteiger partial charge in [-0.25, -0.2) is 4.79 Å². The Bertz CT molecular complexity index is 1220. The second kappa shape index (κ2) is 10.6. The first-order valence-corrected chi connectivity index (χ1v) is 11.9. The van der Waals surface area contributed by atoms with Crippen LogP contribution in [0.25, 0.3) is 11.0 Å². The summed E-state index contributed by atoms with van der Waals surface area (Å²) >= 11 is 1.78. The minimum Gasteiger partial charge on any atom is -0.508 e. The van der Waals surface area contributed by atoms with E-state index in [0.29, 0.717) is 11.3 Å². The number of hydrogen-bond acceptors (Lipinski definition) is 7. The predicted molar refractivity (Wildman–Crippen MR) is 133 cm³/mol. The molecule has 176 valence electrons. The van der Waals surface area contributed by atoms with Crippen LogP contribution < -0.4 is 4.74 Å². The molecule has 0 saturated carbocycles. The number of benzene rings is 3. The molecule has 0 amide bonds. The van der Waals surface area contributed by atoms with E-state index < -0.39 is 5.97 Å². The number of esters is 1. The summed E-state index contributed by atoms with van der Waals surface area (Å²) in [7, 11) is 1.32. The van der Waals surface area contributed by atoms with E-state index in [0.717, 1.165) is 40.0 Å². The number of furan rings is 1. The van der Waals surface area contributed by atoms with Gasteiger partial charge in [0.15, 0.2) is 17.9 Å². The summed E-state index contributed by atoms with van der Waals surface area (Å²) in [5.41, 5.74) is 3.86. The van der Waals surface area contributed by atoms with Gasteiger partial charge in [-0.15, -0.1) is 11.8 Å². The van der Waals surface area contributed by atoms with Crippen LogP contribution in [0.15, 0.2) is 71.1 Å². The molecule has 0 bridgehead atoms. The number of aryl methyl sites for hydroxylation is 2. The number of carbonyl (C=O) groups excluding carboxylic acids is 1. The molecule has 1 aromatic heterocycles. The van der Waals surface area contributed by atoms with Crippen LogP contribution in [0.1, 0.15) is 27.7 Å². The zero-order chi connectivity index (χ0) is 24.1. The van der Waals surface area contributed by atoms with Crippen molar-refractivity contribution in [3.63, 3.8) is 0 Å². The number of phenols is 2. The number of carbonyl (C=O) groups is 1. The van der Waals surface area contributed by atoms with Crippen molar-refractivity contribution in [2.24, 2.45) is 0 Å². The van der Waals surface area contributed by atoms with Gasteiger partial charge in [-0.1, -0.05) is 36.4 Å².